The van der Waals surface area contributed by atoms with Crippen molar-refractivity contribution in [3.8, 4) is 0 Å². The quantitative estimate of drug-likeness (QED) is 0.787. The first kappa shape index (κ1) is 11.6. The summed E-state index contributed by atoms with van der Waals surface area (Å²) in [6.45, 7) is 6.53. The van der Waals surface area contributed by atoms with E-state index in [0.29, 0.717) is 5.92 Å². The average Bonchev–Trinajstić information content (AvgIpc) is 2.24. The first-order chi connectivity index (χ1) is 7.51. The Morgan fingerprint density at radius 1 is 1.31 bits per heavy atom. The van der Waals surface area contributed by atoms with Gasteiger partial charge in [-0.25, -0.2) is 0 Å². The SMILES string of the molecule is Cc1cncc(C2(O)CCC(C)C(C)C2)c1. The van der Waals surface area contributed by atoms with Gasteiger partial charge in [0.2, 0.25) is 0 Å². The maximum Gasteiger partial charge on any atom is 0.0914 e. The fourth-order valence-electron chi connectivity index (χ4n) is 2.66. The number of aromatic nitrogens is 1. The van der Waals surface area contributed by atoms with Gasteiger partial charge in [0.25, 0.3) is 0 Å². The summed E-state index contributed by atoms with van der Waals surface area (Å²) < 4.78 is 0. The van der Waals surface area contributed by atoms with Crippen LogP contribution >= 0.6 is 0 Å². The Morgan fingerprint density at radius 3 is 2.69 bits per heavy atom. The fourth-order valence-corrected chi connectivity index (χ4v) is 2.66. The molecule has 0 bridgehead atoms. The minimum Gasteiger partial charge on any atom is -0.385 e. The van der Waals surface area contributed by atoms with E-state index in [9.17, 15) is 5.11 Å². The number of aryl methyl sites for hydroxylation is 1. The third kappa shape index (κ3) is 2.12. The van der Waals surface area contributed by atoms with E-state index in [4.69, 9.17) is 0 Å². The van der Waals surface area contributed by atoms with E-state index in [0.717, 1.165) is 36.3 Å². The summed E-state index contributed by atoms with van der Waals surface area (Å²) in [4.78, 5) is 4.19. The Labute approximate surface area is 97.7 Å². The van der Waals surface area contributed by atoms with Gasteiger partial charge in [0, 0.05) is 18.0 Å². The third-order valence-electron chi connectivity index (χ3n) is 4.06. The van der Waals surface area contributed by atoms with Gasteiger partial charge in [-0.15, -0.1) is 0 Å². The predicted octanol–water partition coefficient (Wildman–Crippen LogP) is 3.03. The second-order valence-electron chi connectivity index (χ2n) is 5.48. The molecule has 0 radical (unpaired) electrons. The molecule has 2 heteroatoms. The van der Waals surface area contributed by atoms with Crippen molar-refractivity contribution in [2.75, 3.05) is 0 Å². The summed E-state index contributed by atoms with van der Waals surface area (Å²) in [5, 5.41) is 10.7. The van der Waals surface area contributed by atoms with Crippen molar-refractivity contribution in [3.63, 3.8) is 0 Å². The maximum absolute atomic E-state index is 10.7. The van der Waals surface area contributed by atoms with Crippen LogP contribution in [0.1, 0.15) is 44.2 Å². The minimum atomic E-state index is -0.648. The molecule has 0 amide bonds. The second-order valence-corrected chi connectivity index (χ2v) is 5.48. The molecule has 1 heterocycles. The lowest BCUT2D eigenvalue weighted by Gasteiger charge is -2.39. The molecule has 3 unspecified atom stereocenters. The van der Waals surface area contributed by atoms with Crippen LogP contribution in [0.25, 0.3) is 0 Å². The van der Waals surface area contributed by atoms with E-state index >= 15 is 0 Å². The lowest BCUT2D eigenvalue weighted by Crippen LogP contribution is -2.35. The monoisotopic (exact) mass is 219 g/mol. The number of hydrogen-bond acceptors (Lipinski definition) is 2. The molecular weight excluding hydrogens is 198 g/mol. The largest absolute Gasteiger partial charge is 0.385 e. The van der Waals surface area contributed by atoms with Crippen molar-refractivity contribution in [2.24, 2.45) is 11.8 Å². The van der Waals surface area contributed by atoms with Crippen LogP contribution in [0.5, 0.6) is 0 Å². The van der Waals surface area contributed by atoms with Gasteiger partial charge in [0.05, 0.1) is 5.60 Å². The standard InChI is InChI=1S/C14H21NO/c1-10-6-13(9-15-8-10)14(16)5-4-11(2)12(3)7-14/h6,8-9,11-12,16H,4-5,7H2,1-3H3. The molecule has 2 rings (SSSR count). The van der Waals surface area contributed by atoms with Crippen LogP contribution < -0.4 is 0 Å². The third-order valence-corrected chi connectivity index (χ3v) is 4.06. The van der Waals surface area contributed by atoms with Crippen LogP contribution in [0.2, 0.25) is 0 Å². The maximum atomic E-state index is 10.7. The summed E-state index contributed by atoms with van der Waals surface area (Å²) >= 11 is 0. The van der Waals surface area contributed by atoms with E-state index in [1.165, 1.54) is 0 Å². The Balaban J connectivity index is 2.26. The van der Waals surface area contributed by atoms with Crippen molar-refractivity contribution in [1.29, 1.82) is 0 Å². The van der Waals surface area contributed by atoms with Crippen LogP contribution in [0.3, 0.4) is 0 Å². The average molecular weight is 219 g/mol. The van der Waals surface area contributed by atoms with Crippen molar-refractivity contribution < 1.29 is 5.11 Å². The van der Waals surface area contributed by atoms with Gasteiger partial charge in [0.15, 0.2) is 0 Å². The summed E-state index contributed by atoms with van der Waals surface area (Å²) in [5.74, 6) is 1.30. The Kier molecular flexibility index (Phi) is 3.02. The molecule has 1 fully saturated rings. The number of nitrogens with zero attached hydrogens (tertiary/aromatic N) is 1. The number of aliphatic hydroxyl groups is 1. The minimum absolute atomic E-state index is 0.583. The van der Waals surface area contributed by atoms with Crippen molar-refractivity contribution in [1.82, 2.24) is 4.98 Å². The molecule has 1 aliphatic rings. The molecule has 1 aliphatic carbocycles. The molecule has 1 saturated carbocycles. The summed E-state index contributed by atoms with van der Waals surface area (Å²) in [5.41, 5.74) is 1.47. The normalized spacial score (nSPS) is 35.0. The molecule has 1 aromatic rings. The predicted molar refractivity (Wildman–Crippen MR) is 65.0 cm³/mol. The molecule has 88 valence electrons. The molecule has 0 saturated heterocycles. The Bertz CT molecular complexity index is 377. The van der Waals surface area contributed by atoms with Gasteiger partial charge in [0.1, 0.15) is 0 Å². The molecule has 2 nitrogen and oxygen atoms in total. The van der Waals surface area contributed by atoms with E-state index in [2.05, 4.69) is 24.9 Å². The van der Waals surface area contributed by atoms with Crippen LogP contribution in [0.15, 0.2) is 18.5 Å². The zero-order chi connectivity index (χ0) is 11.8. The Morgan fingerprint density at radius 2 is 2.06 bits per heavy atom. The van der Waals surface area contributed by atoms with Gasteiger partial charge in [-0.2, -0.15) is 0 Å². The van der Waals surface area contributed by atoms with E-state index in [-0.39, 0.29) is 0 Å². The molecule has 0 aliphatic heterocycles. The molecule has 0 aromatic carbocycles. The zero-order valence-electron chi connectivity index (χ0n) is 10.4. The van der Waals surface area contributed by atoms with E-state index in [1.807, 2.05) is 19.3 Å². The highest BCUT2D eigenvalue weighted by Crippen LogP contribution is 2.42. The number of rotatable bonds is 1. The van der Waals surface area contributed by atoms with Crippen molar-refractivity contribution >= 4 is 0 Å². The lowest BCUT2D eigenvalue weighted by molar-refractivity contribution is -0.0339. The number of hydrogen-bond donors (Lipinski definition) is 1. The molecule has 3 atom stereocenters. The van der Waals surface area contributed by atoms with Crippen molar-refractivity contribution in [3.05, 3.63) is 29.6 Å². The molecule has 1 N–H and O–H groups in total. The smallest absolute Gasteiger partial charge is 0.0914 e. The molecular formula is C14H21NO. The highest BCUT2D eigenvalue weighted by Gasteiger charge is 2.37. The molecule has 16 heavy (non-hydrogen) atoms. The lowest BCUT2D eigenvalue weighted by atomic mass is 9.70. The first-order valence-electron chi connectivity index (χ1n) is 6.16. The van der Waals surface area contributed by atoms with E-state index in [1.54, 1.807) is 0 Å². The zero-order valence-corrected chi connectivity index (χ0v) is 10.4. The highest BCUT2D eigenvalue weighted by atomic mass is 16.3. The van der Waals surface area contributed by atoms with Gasteiger partial charge in [-0.1, -0.05) is 19.9 Å². The van der Waals surface area contributed by atoms with E-state index < -0.39 is 5.60 Å². The summed E-state index contributed by atoms with van der Waals surface area (Å²) in [7, 11) is 0. The van der Waals surface area contributed by atoms with Gasteiger partial charge in [-0.05, 0) is 43.6 Å². The number of pyridine rings is 1. The highest BCUT2D eigenvalue weighted by molar-refractivity contribution is 5.23. The van der Waals surface area contributed by atoms with Gasteiger partial charge < -0.3 is 5.11 Å². The van der Waals surface area contributed by atoms with Gasteiger partial charge >= 0.3 is 0 Å². The summed E-state index contributed by atoms with van der Waals surface area (Å²) in [6, 6.07) is 2.07. The molecule has 1 aromatic heterocycles. The van der Waals surface area contributed by atoms with Crippen LogP contribution in [0, 0.1) is 18.8 Å². The van der Waals surface area contributed by atoms with Crippen LogP contribution in [-0.4, -0.2) is 10.1 Å². The topological polar surface area (TPSA) is 33.1 Å². The van der Waals surface area contributed by atoms with Crippen LogP contribution in [-0.2, 0) is 5.60 Å². The Hall–Kier alpha value is -0.890. The summed E-state index contributed by atoms with van der Waals surface area (Å²) in [6.07, 6.45) is 6.48. The van der Waals surface area contributed by atoms with Crippen molar-refractivity contribution in [2.45, 2.75) is 45.6 Å². The molecule has 0 spiro atoms. The van der Waals surface area contributed by atoms with Gasteiger partial charge in [-0.3, -0.25) is 4.98 Å². The first-order valence-corrected chi connectivity index (χ1v) is 6.16. The van der Waals surface area contributed by atoms with Crippen LogP contribution in [0.4, 0.5) is 0 Å². The second kappa shape index (κ2) is 4.17. The fraction of sp³-hybridized carbons (Fsp3) is 0.643.